The topological polar surface area (TPSA) is 38.5 Å². The van der Waals surface area contributed by atoms with E-state index in [-0.39, 0.29) is 11.7 Å². The molecule has 0 radical (unpaired) electrons. The molecule has 0 bridgehead atoms. The van der Waals surface area contributed by atoms with Crippen molar-refractivity contribution < 1.29 is 13.5 Å². The van der Waals surface area contributed by atoms with E-state index in [0.717, 1.165) is 25.9 Å². The Morgan fingerprint density at radius 2 is 2.21 bits per heavy atom. The highest BCUT2D eigenvalue weighted by atomic mass is 19.3. The van der Waals surface area contributed by atoms with Gasteiger partial charge < -0.3 is 15.4 Å². The highest BCUT2D eigenvalue weighted by Crippen LogP contribution is 2.31. The van der Waals surface area contributed by atoms with Crippen molar-refractivity contribution in [1.82, 2.24) is 0 Å². The second-order valence-electron chi connectivity index (χ2n) is 4.99. The van der Waals surface area contributed by atoms with Crippen LogP contribution >= 0.6 is 0 Å². The van der Waals surface area contributed by atoms with Crippen LogP contribution in [0.5, 0.6) is 0 Å². The maximum atomic E-state index is 13.0. The van der Waals surface area contributed by atoms with E-state index in [9.17, 15) is 8.78 Å². The van der Waals surface area contributed by atoms with Crippen LogP contribution in [0.25, 0.3) is 0 Å². The minimum absolute atomic E-state index is 0.0155. The first kappa shape index (κ1) is 14.1. The SMILES string of the molecule is CN(CC1CCCCO1)c1ccc(N)cc1C(F)F. The molecule has 0 aromatic heterocycles. The minimum atomic E-state index is -2.52. The van der Waals surface area contributed by atoms with Crippen LogP contribution in [0, 0.1) is 0 Å². The summed E-state index contributed by atoms with van der Waals surface area (Å²) in [5, 5.41) is 0. The molecule has 0 saturated carbocycles. The molecule has 1 aromatic carbocycles. The van der Waals surface area contributed by atoms with Gasteiger partial charge in [-0.05, 0) is 37.5 Å². The number of alkyl halides is 2. The molecule has 1 aromatic rings. The second-order valence-corrected chi connectivity index (χ2v) is 4.99. The lowest BCUT2D eigenvalue weighted by Gasteiger charge is -2.29. The first-order valence-electron chi connectivity index (χ1n) is 6.58. The molecule has 0 amide bonds. The normalized spacial score (nSPS) is 19.7. The van der Waals surface area contributed by atoms with E-state index in [2.05, 4.69) is 0 Å². The van der Waals surface area contributed by atoms with Gasteiger partial charge in [0.2, 0.25) is 0 Å². The fraction of sp³-hybridized carbons (Fsp3) is 0.571. The third-order valence-corrected chi connectivity index (χ3v) is 3.45. The van der Waals surface area contributed by atoms with Crippen molar-refractivity contribution in [3.63, 3.8) is 0 Å². The number of benzene rings is 1. The predicted octanol–water partition coefficient (Wildman–Crippen LogP) is 3.21. The molecule has 106 valence electrons. The largest absolute Gasteiger partial charge is 0.399 e. The Balaban J connectivity index is 2.11. The van der Waals surface area contributed by atoms with Crippen molar-refractivity contribution in [3.8, 4) is 0 Å². The molecular formula is C14H20F2N2O. The average Bonchev–Trinajstić information content (AvgIpc) is 2.39. The minimum Gasteiger partial charge on any atom is -0.399 e. The van der Waals surface area contributed by atoms with Crippen LogP contribution in [0.4, 0.5) is 20.2 Å². The molecule has 1 atom stereocenters. The Labute approximate surface area is 112 Å². The van der Waals surface area contributed by atoms with E-state index in [1.807, 2.05) is 11.9 Å². The highest BCUT2D eigenvalue weighted by Gasteiger charge is 2.20. The monoisotopic (exact) mass is 270 g/mol. The molecule has 5 heteroatoms. The summed E-state index contributed by atoms with van der Waals surface area (Å²) >= 11 is 0. The van der Waals surface area contributed by atoms with Crippen LogP contribution in [-0.2, 0) is 4.74 Å². The van der Waals surface area contributed by atoms with Crippen LogP contribution in [0.3, 0.4) is 0 Å². The van der Waals surface area contributed by atoms with Gasteiger partial charge in [-0.1, -0.05) is 0 Å². The van der Waals surface area contributed by atoms with Crippen LogP contribution in [0.1, 0.15) is 31.3 Å². The van der Waals surface area contributed by atoms with Crippen LogP contribution < -0.4 is 10.6 Å². The Morgan fingerprint density at radius 1 is 1.42 bits per heavy atom. The van der Waals surface area contributed by atoms with Crippen molar-refractivity contribution in [2.75, 3.05) is 30.8 Å². The fourth-order valence-corrected chi connectivity index (χ4v) is 2.45. The molecule has 2 rings (SSSR count). The third kappa shape index (κ3) is 3.56. The van der Waals surface area contributed by atoms with Gasteiger partial charge >= 0.3 is 0 Å². The molecular weight excluding hydrogens is 250 g/mol. The van der Waals surface area contributed by atoms with Crippen molar-refractivity contribution >= 4 is 11.4 Å². The number of hydrogen-bond donors (Lipinski definition) is 1. The summed E-state index contributed by atoms with van der Waals surface area (Å²) in [5.41, 5.74) is 6.45. The van der Waals surface area contributed by atoms with Gasteiger partial charge in [-0.3, -0.25) is 0 Å². The van der Waals surface area contributed by atoms with Gasteiger partial charge in [0, 0.05) is 37.1 Å². The summed E-state index contributed by atoms with van der Waals surface area (Å²) in [6.45, 7) is 1.39. The maximum absolute atomic E-state index is 13.0. The Bertz CT molecular complexity index is 420. The molecule has 1 unspecified atom stereocenters. The third-order valence-electron chi connectivity index (χ3n) is 3.45. The van der Waals surface area contributed by atoms with Crippen LogP contribution in [0.15, 0.2) is 18.2 Å². The van der Waals surface area contributed by atoms with Crippen LogP contribution in [-0.4, -0.2) is 26.3 Å². The van der Waals surface area contributed by atoms with E-state index in [1.165, 1.54) is 6.07 Å². The second kappa shape index (κ2) is 6.19. The summed E-state index contributed by atoms with van der Waals surface area (Å²) in [7, 11) is 1.81. The molecule has 1 fully saturated rings. The summed E-state index contributed by atoms with van der Waals surface area (Å²) in [4.78, 5) is 1.83. The van der Waals surface area contributed by atoms with Crippen molar-refractivity contribution in [2.45, 2.75) is 31.8 Å². The number of anilines is 2. The van der Waals surface area contributed by atoms with E-state index in [4.69, 9.17) is 10.5 Å². The summed E-state index contributed by atoms with van der Waals surface area (Å²) in [5.74, 6) is 0. The van der Waals surface area contributed by atoms with Gasteiger partial charge in [0.25, 0.3) is 6.43 Å². The molecule has 1 aliphatic rings. The zero-order valence-electron chi connectivity index (χ0n) is 11.1. The number of hydrogen-bond acceptors (Lipinski definition) is 3. The number of nitrogens with two attached hydrogens (primary N) is 1. The van der Waals surface area contributed by atoms with Gasteiger partial charge in [0.15, 0.2) is 0 Å². The number of rotatable bonds is 4. The zero-order valence-corrected chi connectivity index (χ0v) is 11.1. The molecule has 2 N–H and O–H groups in total. The Hall–Kier alpha value is -1.36. The van der Waals surface area contributed by atoms with Crippen LogP contribution in [0.2, 0.25) is 0 Å². The standard InChI is InChI=1S/C14H20F2N2O/c1-18(9-11-4-2-3-7-19-11)13-6-5-10(17)8-12(13)14(15)16/h5-6,8,11,14H,2-4,7,9,17H2,1H3. The Morgan fingerprint density at radius 3 is 2.84 bits per heavy atom. The first-order chi connectivity index (χ1) is 9.08. The van der Waals surface area contributed by atoms with Crippen molar-refractivity contribution in [3.05, 3.63) is 23.8 Å². The quantitative estimate of drug-likeness (QED) is 0.854. The van der Waals surface area contributed by atoms with Gasteiger partial charge in [-0.25, -0.2) is 8.78 Å². The van der Waals surface area contributed by atoms with Gasteiger partial charge in [-0.15, -0.1) is 0 Å². The van der Waals surface area contributed by atoms with Crippen molar-refractivity contribution in [1.29, 1.82) is 0 Å². The number of nitrogens with zero attached hydrogens (tertiary/aromatic N) is 1. The lowest BCUT2D eigenvalue weighted by atomic mass is 10.1. The summed E-state index contributed by atoms with van der Waals surface area (Å²) in [6.07, 6.45) is 0.824. The molecule has 3 nitrogen and oxygen atoms in total. The Kier molecular flexibility index (Phi) is 4.58. The molecule has 19 heavy (non-hydrogen) atoms. The highest BCUT2D eigenvalue weighted by molar-refractivity contribution is 5.60. The molecule has 1 aliphatic heterocycles. The summed E-state index contributed by atoms with van der Waals surface area (Å²) < 4.78 is 31.7. The molecule has 0 spiro atoms. The number of halogens is 2. The smallest absolute Gasteiger partial charge is 0.265 e. The zero-order chi connectivity index (χ0) is 13.8. The first-order valence-corrected chi connectivity index (χ1v) is 6.58. The number of ether oxygens (including phenoxy) is 1. The van der Waals surface area contributed by atoms with Gasteiger partial charge in [0.05, 0.1) is 6.10 Å². The number of nitrogen functional groups attached to an aromatic ring is 1. The predicted molar refractivity (Wildman–Crippen MR) is 72.7 cm³/mol. The maximum Gasteiger partial charge on any atom is 0.265 e. The molecule has 1 saturated heterocycles. The van der Waals surface area contributed by atoms with Crippen molar-refractivity contribution in [2.24, 2.45) is 0 Å². The van der Waals surface area contributed by atoms with E-state index >= 15 is 0 Å². The number of likely N-dealkylation sites (N-methyl/N-ethyl adjacent to an activating group) is 1. The lowest BCUT2D eigenvalue weighted by molar-refractivity contribution is 0.0215. The lowest BCUT2D eigenvalue weighted by Crippen LogP contribution is -2.33. The summed E-state index contributed by atoms with van der Waals surface area (Å²) in [6, 6.07) is 4.65. The molecule has 0 aliphatic carbocycles. The fourth-order valence-electron chi connectivity index (χ4n) is 2.45. The molecule has 1 heterocycles. The van der Waals surface area contributed by atoms with Gasteiger partial charge in [-0.2, -0.15) is 0 Å². The van der Waals surface area contributed by atoms with E-state index in [0.29, 0.717) is 17.9 Å². The van der Waals surface area contributed by atoms with Gasteiger partial charge in [0.1, 0.15) is 0 Å². The average molecular weight is 270 g/mol. The van der Waals surface area contributed by atoms with E-state index < -0.39 is 6.43 Å². The van der Waals surface area contributed by atoms with E-state index in [1.54, 1.807) is 12.1 Å².